The molecule has 0 aliphatic carbocycles. The average molecular weight is 354 g/mol. The lowest BCUT2D eigenvalue weighted by Crippen LogP contribution is -2.35. The third-order valence-corrected chi connectivity index (χ3v) is 4.15. The highest BCUT2D eigenvalue weighted by Gasteiger charge is 2.33. The number of aromatic nitrogens is 1. The zero-order valence-electron chi connectivity index (χ0n) is 13.5. The fourth-order valence-corrected chi connectivity index (χ4v) is 2.79. The number of morpholine rings is 1. The highest BCUT2D eigenvalue weighted by molar-refractivity contribution is 5.63. The van der Waals surface area contributed by atoms with Crippen LogP contribution in [0.1, 0.15) is 16.8 Å². The van der Waals surface area contributed by atoms with Crippen molar-refractivity contribution in [2.24, 2.45) is 0 Å². The van der Waals surface area contributed by atoms with E-state index >= 15 is 0 Å². The molecule has 0 bridgehead atoms. The van der Waals surface area contributed by atoms with Crippen LogP contribution in [0.15, 0.2) is 36.4 Å². The Morgan fingerprint density at radius 1 is 1.00 bits per heavy atom. The smallest absolute Gasteiger partial charge is 0.379 e. The van der Waals surface area contributed by atoms with E-state index in [0.717, 1.165) is 37.3 Å². The number of pyridine rings is 1. The number of halogens is 4. The minimum Gasteiger partial charge on any atom is -0.379 e. The molecule has 0 N–H and O–H groups in total. The van der Waals surface area contributed by atoms with Gasteiger partial charge in [-0.05, 0) is 11.6 Å². The summed E-state index contributed by atoms with van der Waals surface area (Å²) in [4.78, 5) is 5.88. The second-order valence-electron chi connectivity index (χ2n) is 5.92. The molecule has 25 heavy (non-hydrogen) atoms. The summed E-state index contributed by atoms with van der Waals surface area (Å²) in [5.74, 6) is 0. The lowest BCUT2D eigenvalue weighted by atomic mass is 10.0. The van der Waals surface area contributed by atoms with Gasteiger partial charge in [-0.1, -0.05) is 30.3 Å². The Labute approximate surface area is 143 Å². The van der Waals surface area contributed by atoms with Gasteiger partial charge in [-0.2, -0.15) is 13.2 Å². The van der Waals surface area contributed by atoms with E-state index in [-0.39, 0.29) is 11.3 Å². The molecule has 1 aromatic carbocycles. The van der Waals surface area contributed by atoms with E-state index in [1.165, 1.54) is 0 Å². The van der Waals surface area contributed by atoms with Crippen molar-refractivity contribution in [3.05, 3.63) is 53.2 Å². The van der Waals surface area contributed by atoms with Gasteiger partial charge in [0.05, 0.1) is 18.9 Å². The minimum atomic E-state index is -4.56. The van der Waals surface area contributed by atoms with E-state index in [0.29, 0.717) is 18.8 Å². The summed E-state index contributed by atoms with van der Waals surface area (Å²) in [6.45, 7) is 2.98. The zero-order valence-corrected chi connectivity index (χ0v) is 13.5. The second-order valence-corrected chi connectivity index (χ2v) is 5.92. The maximum Gasteiger partial charge on any atom is 0.433 e. The van der Waals surface area contributed by atoms with Crippen molar-refractivity contribution in [1.29, 1.82) is 0 Å². The van der Waals surface area contributed by atoms with Crippen LogP contribution < -0.4 is 0 Å². The maximum absolute atomic E-state index is 13.1. The Balaban J connectivity index is 1.83. The van der Waals surface area contributed by atoms with Gasteiger partial charge in [0.15, 0.2) is 0 Å². The summed E-state index contributed by atoms with van der Waals surface area (Å²) in [5, 5.41) is 0. The molecule has 0 saturated carbocycles. The summed E-state index contributed by atoms with van der Waals surface area (Å²) < 4.78 is 57.1. The Hall–Kier alpha value is -1.99. The average Bonchev–Trinajstić information content (AvgIpc) is 2.62. The SMILES string of the molecule is FCc1ccc(C(F)(F)F)nc1-c1ccc(CN2CCOCC2)cc1. The summed E-state index contributed by atoms with van der Waals surface area (Å²) in [7, 11) is 0. The van der Waals surface area contributed by atoms with E-state index in [4.69, 9.17) is 4.74 Å². The molecule has 1 fully saturated rings. The molecule has 3 rings (SSSR count). The van der Waals surface area contributed by atoms with Gasteiger partial charge in [-0.15, -0.1) is 0 Å². The van der Waals surface area contributed by atoms with E-state index in [1.807, 2.05) is 12.1 Å². The number of alkyl halides is 4. The molecule has 0 atom stereocenters. The molecule has 0 amide bonds. The fourth-order valence-electron chi connectivity index (χ4n) is 2.79. The number of hydrogen-bond donors (Lipinski definition) is 0. The molecule has 1 aromatic heterocycles. The van der Waals surface area contributed by atoms with Gasteiger partial charge in [-0.3, -0.25) is 4.90 Å². The molecular formula is C18H18F4N2O. The molecule has 1 aliphatic rings. The molecular weight excluding hydrogens is 336 g/mol. The van der Waals surface area contributed by atoms with Gasteiger partial charge >= 0.3 is 6.18 Å². The molecule has 2 heterocycles. The van der Waals surface area contributed by atoms with Crippen LogP contribution >= 0.6 is 0 Å². The van der Waals surface area contributed by atoms with Crippen LogP contribution in [0.3, 0.4) is 0 Å². The van der Waals surface area contributed by atoms with Gasteiger partial charge in [0.1, 0.15) is 12.4 Å². The van der Waals surface area contributed by atoms with Gasteiger partial charge < -0.3 is 4.74 Å². The number of benzene rings is 1. The van der Waals surface area contributed by atoms with E-state index in [9.17, 15) is 17.6 Å². The molecule has 2 aromatic rings. The summed E-state index contributed by atoms with van der Waals surface area (Å²) in [6, 6.07) is 9.02. The number of rotatable bonds is 4. The summed E-state index contributed by atoms with van der Waals surface area (Å²) in [6.07, 6.45) is -4.56. The molecule has 134 valence electrons. The summed E-state index contributed by atoms with van der Waals surface area (Å²) in [5.41, 5.74) is 0.685. The first-order valence-corrected chi connectivity index (χ1v) is 8.00. The van der Waals surface area contributed by atoms with Crippen molar-refractivity contribution < 1.29 is 22.3 Å². The van der Waals surface area contributed by atoms with Gasteiger partial charge in [-0.25, -0.2) is 9.37 Å². The quantitative estimate of drug-likeness (QED) is 0.774. The van der Waals surface area contributed by atoms with Crippen LogP contribution in [0.25, 0.3) is 11.3 Å². The minimum absolute atomic E-state index is 0.0373. The predicted octanol–water partition coefficient (Wildman–Crippen LogP) is 4.07. The standard InChI is InChI=1S/C18H18F4N2O/c19-11-15-5-6-16(18(20,21)22)23-17(15)14-3-1-13(2-4-14)12-24-7-9-25-10-8-24/h1-6H,7-12H2. The van der Waals surface area contributed by atoms with Crippen LogP contribution in [-0.2, 0) is 24.1 Å². The Bertz CT molecular complexity index is 710. The first-order chi connectivity index (χ1) is 12.0. The van der Waals surface area contributed by atoms with E-state index in [2.05, 4.69) is 9.88 Å². The normalized spacial score (nSPS) is 16.2. The van der Waals surface area contributed by atoms with Crippen LogP contribution in [-0.4, -0.2) is 36.2 Å². The molecule has 3 nitrogen and oxygen atoms in total. The first kappa shape index (κ1) is 17.8. The highest BCUT2D eigenvalue weighted by Crippen LogP contribution is 2.31. The molecule has 7 heteroatoms. The lowest BCUT2D eigenvalue weighted by Gasteiger charge is -2.26. The number of nitrogens with zero attached hydrogens (tertiary/aromatic N) is 2. The van der Waals surface area contributed by atoms with Crippen molar-refractivity contribution >= 4 is 0 Å². The van der Waals surface area contributed by atoms with Crippen molar-refractivity contribution in [1.82, 2.24) is 9.88 Å². The van der Waals surface area contributed by atoms with Crippen LogP contribution in [0.5, 0.6) is 0 Å². The predicted molar refractivity (Wildman–Crippen MR) is 85.6 cm³/mol. The van der Waals surface area contributed by atoms with Crippen molar-refractivity contribution in [3.63, 3.8) is 0 Å². The largest absolute Gasteiger partial charge is 0.433 e. The van der Waals surface area contributed by atoms with Crippen LogP contribution in [0.4, 0.5) is 17.6 Å². The van der Waals surface area contributed by atoms with E-state index in [1.54, 1.807) is 12.1 Å². The number of hydrogen-bond acceptors (Lipinski definition) is 3. The van der Waals surface area contributed by atoms with Crippen molar-refractivity contribution in [2.75, 3.05) is 26.3 Å². The molecule has 0 radical (unpaired) electrons. The third kappa shape index (κ3) is 4.35. The Morgan fingerprint density at radius 2 is 1.68 bits per heavy atom. The fraction of sp³-hybridized carbons (Fsp3) is 0.389. The highest BCUT2D eigenvalue weighted by atomic mass is 19.4. The van der Waals surface area contributed by atoms with Gasteiger partial charge in [0.25, 0.3) is 0 Å². The van der Waals surface area contributed by atoms with E-state index < -0.39 is 18.5 Å². The molecule has 0 spiro atoms. The van der Waals surface area contributed by atoms with Crippen molar-refractivity contribution in [3.8, 4) is 11.3 Å². The molecule has 1 aliphatic heterocycles. The zero-order chi connectivity index (χ0) is 17.9. The first-order valence-electron chi connectivity index (χ1n) is 8.00. The second kappa shape index (κ2) is 7.49. The van der Waals surface area contributed by atoms with Crippen LogP contribution in [0, 0.1) is 0 Å². The van der Waals surface area contributed by atoms with Crippen molar-refractivity contribution in [2.45, 2.75) is 19.4 Å². The third-order valence-electron chi connectivity index (χ3n) is 4.15. The Kier molecular flexibility index (Phi) is 5.34. The van der Waals surface area contributed by atoms with Gasteiger partial charge in [0, 0.05) is 30.8 Å². The summed E-state index contributed by atoms with van der Waals surface area (Å²) >= 11 is 0. The lowest BCUT2D eigenvalue weighted by molar-refractivity contribution is -0.141. The monoisotopic (exact) mass is 354 g/mol. The Morgan fingerprint density at radius 3 is 2.28 bits per heavy atom. The topological polar surface area (TPSA) is 25.4 Å². The molecule has 0 unspecified atom stereocenters. The molecule has 1 saturated heterocycles. The number of ether oxygens (including phenoxy) is 1. The van der Waals surface area contributed by atoms with Gasteiger partial charge in [0.2, 0.25) is 0 Å². The van der Waals surface area contributed by atoms with Crippen LogP contribution in [0.2, 0.25) is 0 Å². The maximum atomic E-state index is 13.1.